The second-order valence-electron chi connectivity index (χ2n) is 6.33. The fourth-order valence-electron chi connectivity index (χ4n) is 2.56. The van der Waals surface area contributed by atoms with Crippen LogP contribution in [0.4, 0.5) is 0 Å². The molecule has 0 saturated carbocycles. The molecule has 6 nitrogen and oxygen atoms in total. The lowest BCUT2D eigenvalue weighted by Crippen LogP contribution is -2.39. The van der Waals surface area contributed by atoms with Gasteiger partial charge in [-0.25, -0.2) is 4.99 Å². The van der Waals surface area contributed by atoms with E-state index in [1.807, 2.05) is 19.1 Å². The lowest BCUT2D eigenvalue weighted by atomic mass is 10.0. The minimum Gasteiger partial charge on any atom is -0.497 e. The molecule has 0 amide bonds. The molecule has 0 fully saturated rings. The van der Waals surface area contributed by atoms with Gasteiger partial charge in [-0.1, -0.05) is 12.1 Å². The number of rotatable bonds is 9. The molecule has 26 heavy (non-hydrogen) atoms. The molecule has 6 heteroatoms. The maximum Gasteiger partial charge on any atom is 0.191 e. The molecule has 1 aromatic carbocycles. The highest BCUT2D eigenvalue weighted by Gasteiger charge is 2.25. The van der Waals surface area contributed by atoms with Crippen molar-refractivity contribution in [1.82, 2.24) is 10.6 Å². The topological polar surface area (TPSA) is 79.0 Å². The van der Waals surface area contributed by atoms with E-state index in [4.69, 9.17) is 9.15 Å². The summed E-state index contributed by atoms with van der Waals surface area (Å²) in [6, 6.07) is 11.6. The van der Waals surface area contributed by atoms with Crippen LogP contribution in [0, 0.1) is 0 Å². The fraction of sp³-hybridized carbons (Fsp3) is 0.450. The van der Waals surface area contributed by atoms with Crippen LogP contribution in [0.25, 0.3) is 0 Å². The standard InChI is InChI=1S/C20H29N3O3/c1-4-21-19(23-15-20(2,24)18-11-7-13-26-18)22-12-6-9-16-8-5-10-17(14-16)25-3/h5,7-8,10-11,13-14,24H,4,6,9,12,15H2,1-3H3,(H2,21,22,23). The van der Waals surface area contributed by atoms with Crippen LogP contribution in [0.15, 0.2) is 52.1 Å². The SMILES string of the molecule is CCNC(=NCC(C)(O)c1ccco1)NCCCc1cccc(OC)c1. The number of guanidine groups is 1. The summed E-state index contributed by atoms with van der Waals surface area (Å²) in [6.45, 7) is 5.46. The summed E-state index contributed by atoms with van der Waals surface area (Å²) in [7, 11) is 1.68. The summed E-state index contributed by atoms with van der Waals surface area (Å²) in [5, 5.41) is 17.0. The predicted molar refractivity (Wildman–Crippen MR) is 104 cm³/mol. The summed E-state index contributed by atoms with van der Waals surface area (Å²) in [6.07, 6.45) is 3.47. The number of aryl methyl sites for hydroxylation is 1. The smallest absolute Gasteiger partial charge is 0.191 e. The molecule has 3 N–H and O–H groups in total. The largest absolute Gasteiger partial charge is 0.497 e. The minimum absolute atomic E-state index is 0.214. The van der Waals surface area contributed by atoms with Crippen molar-refractivity contribution in [2.24, 2.45) is 4.99 Å². The van der Waals surface area contributed by atoms with Gasteiger partial charge >= 0.3 is 0 Å². The Balaban J connectivity index is 1.83. The maximum absolute atomic E-state index is 10.5. The Kier molecular flexibility index (Phi) is 7.53. The second-order valence-corrected chi connectivity index (χ2v) is 6.33. The summed E-state index contributed by atoms with van der Waals surface area (Å²) < 4.78 is 10.5. The first-order valence-corrected chi connectivity index (χ1v) is 8.96. The van der Waals surface area contributed by atoms with Gasteiger partial charge in [0.15, 0.2) is 5.96 Å². The number of aliphatic hydroxyl groups is 1. The van der Waals surface area contributed by atoms with Gasteiger partial charge in [0.2, 0.25) is 0 Å². The zero-order valence-corrected chi connectivity index (χ0v) is 15.8. The molecule has 142 valence electrons. The Hall–Kier alpha value is -2.47. The Bertz CT molecular complexity index is 681. The average molecular weight is 359 g/mol. The van der Waals surface area contributed by atoms with Crippen LogP contribution in [0.2, 0.25) is 0 Å². The van der Waals surface area contributed by atoms with E-state index in [1.54, 1.807) is 32.4 Å². The van der Waals surface area contributed by atoms with E-state index in [0.717, 1.165) is 31.7 Å². The van der Waals surface area contributed by atoms with Gasteiger partial charge in [-0.3, -0.25) is 0 Å². The molecule has 1 heterocycles. The van der Waals surface area contributed by atoms with Gasteiger partial charge in [0.25, 0.3) is 0 Å². The Morgan fingerprint density at radius 2 is 2.12 bits per heavy atom. The van der Waals surface area contributed by atoms with Crippen molar-refractivity contribution in [3.05, 3.63) is 54.0 Å². The van der Waals surface area contributed by atoms with E-state index in [1.165, 1.54) is 5.56 Å². The summed E-state index contributed by atoms with van der Waals surface area (Å²) in [4.78, 5) is 4.48. The normalized spacial score (nSPS) is 13.9. The van der Waals surface area contributed by atoms with Gasteiger partial charge in [-0.05, 0) is 56.5 Å². The third kappa shape index (κ3) is 6.11. The van der Waals surface area contributed by atoms with Crippen molar-refractivity contribution in [2.75, 3.05) is 26.7 Å². The third-order valence-corrected chi connectivity index (χ3v) is 4.01. The summed E-state index contributed by atoms with van der Waals surface area (Å²) in [5.41, 5.74) is 0.112. The van der Waals surface area contributed by atoms with Crippen LogP contribution in [-0.2, 0) is 12.0 Å². The molecule has 2 aromatic rings. The zero-order chi connectivity index (χ0) is 18.8. The number of hydrogen-bond acceptors (Lipinski definition) is 4. The van der Waals surface area contributed by atoms with Crippen molar-refractivity contribution in [3.63, 3.8) is 0 Å². The van der Waals surface area contributed by atoms with Crippen LogP contribution in [0.3, 0.4) is 0 Å². The van der Waals surface area contributed by atoms with E-state index in [0.29, 0.717) is 11.7 Å². The summed E-state index contributed by atoms with van der Waals surface area (Å²) in [5.74, 6) is 2.07. The zero-order valence-electron chi connectivity index (χ0n) is 15.8. The average Bonchev–Trinajstić information content (AvgIpc) is 3.19. The number of methoxy groups -OCH3 is 1. The number of benzene rings is 1. The van der Waals surface area contributed by atoms with Crippen LogP contribution in [0.1, 0.15) is 31.6 Å². The number of furan rings is 1. The molecule has 0 saturated heterocycles. The molecule has 0 aliphatic heterocycles. The van der Waals surface area contributed by atoms with Gasteiger partial charge in [0.1, 0.15) is 17.1 Å². The van der Waals surface area contributed by atoms with Crippen molar-refractivity contribution >= 4 is 5.96 Å². The molecule has 1 aromatic heterocycles. The molecule has 1 unspecified atom stereocenters. The Morgan fingerprint density at radius 1 is 1.27 bits per heavy atom. The van der Waals surface area contributed by atoms with Gasteiger partial charge in [-0.2, -0.15) is 0 Å². The van der Waals surface area contributed by atoms with E-state index in [-0.39, 0.29) is 6.54 Å². The van der Waals surface area contributed by atoms with Crippen LogP contribution in [0.5, 0.6) is 5.75 Å². The molecule has 0 radical (unpaired) electrons. The quantitative estimate of drug-likeness (QED) is 0.364. The second kappa shape index (κ2) is 9.87. The molecule has 0 aliphatic carbocycles. The fourth-order valence-corrected chi connectivity index (χ4v) is 2.56. The van der Waals surface area contributed by atoms with Crippen molar-refractivity contribution in [1.29, 1.82) is 0 Å². The Labute approximate surface area is 155 Å². The highest BCUT2D eigenvalue weighted by atomic mass is 16.5. The number of hydrogen-bond donors (Lipinski definition) is 3. The van der Waals surface area contributed by atoms with E-state index in [2.05, 4.69) is 27.8 Å². The van der Waals surface area contributed by atoms with E-state index >= 15 is 0 Å². The van der Waals surface area contributed by atoms with Crippen LogP contribution in [-0.4, -0.2) is 37.8 Å². The highest BCUT2D eigenvalue weighted by molar-refractivity contribution is 5.79. The van der Waals surface area contributed by atoms with Gasteiger partial charge in [0.05, 0.1) is 19.9 Å². The third-order valence-electron chi connectivity index (χ3n) is 4.01. The molecule has 0 aliphatic rings. The van der Waals surface area contributed by atoms with Crippen molar-refractivity contribution < 1.29 is 14.3 Å². The number of nitrogens with one attached hydrogen (secondary N) is 2. The van der Waals surface area contributed by atoms with Gasteiger partial charge in [-0.15, -0.1) is 0 Å². The first kappa shape index (κ1) is 19.8. The molecule has 2 rings (SSSR count). The van der Waals surface area contributed by atoms with E-state index < -0.39 is 5.60 Å². The maximum atomic E-state index is 10.5. The number of nitrogens with zero attached hydrogens (tertiary/aromatic N) is 1. The van der Waals surface area contributed by atoms with Gasteiger partial charge < -0.3 is 24.9 Å². The number of aliphatic imine (C=N–C) groups is 1. The number of ether oxygens (including phenoxy) is 1. The molecule has 0 bridgehead atoms. The minimum atomic E-state index is -1.13. The van der Waals surface area contributed by atoms with Crippen molar-refractivity contribution in [2.45, 2.75) is 32.3 Å². The van der Waals surface area contributed by atoms with Crippen molar-refractivity contribution in [3.8, 4) is 5.75 Å². The molecular formula is C20H29N3O3. The molecular weight excluding hydrogens is 330 g/mol. The summed E-state index contributed by atoms with van der Waals surface area (Å²) >= 11 is 0. The first-order chi connectivity index (χ1) is 12.5. The first-order valence-electron chi connectivity index (χ1n) is 8.96. The molecule has 1 atom stereocenters. The Morgan fingerprint density at radius 3 is 2.81 bits per heavy atom. The predicted octanol–water partition coefficient (Wildman–Crippen LogP) is 2.68. The highest BCUT2D eigenvalue weighted by Crippen LogP contribution is 2.21. The van der Waals surface area contributed by atoms with Gasteiger partial charge in [0, 0.05) is 13.1 Å². The molecule has 0 spiro atoms. The van der Waals surface area contributed by atoms with Crippen LogP contribution >= 0.6 is 0 Å². The van der Waals surface area contributed by atoms with E-state index in [9.17, 15) is 5.11 Å². The monoisotopic (exact) mass is 359 g/mol. The lowest BCUT2D eigenvalue weighted by Gasteiger charge is -2.19. The van der Waals surface area contributed by atoms with Crippen LogP contribution < -0.4 is 15.4 Å². The lowest BCUT2D eigenvalue weighted by molar-refractivity contribution is 0.0437.